The maximum absolute atomic E-state index is 13.6. The van der Waals surface area contributed by atoms with Crippen LogP contribution in [0.4, 0.5) is 23.9 Å². The third-order valence-corrected chi connectivity index (χ3v) is 7.29. The third-order valence-electron chi connectivity index (χ3n) is 6.16. The highest BCUT2D eigenvalue weighted by atomic mass is 32.1. The smallest absolute Gasteiger partial charge is 0.416 e. The van der Waals surface area contributed by atoms with E-state index in [1.54, 1.807) is 12.3 Å². The molecular weight excluding hydrogens is 501 g/mol. The summed E-state index contributed by atoms with van der Waals surface area (Å²) in [6.07, 6.45) is 3.68. The van der Waals surface area contributed by atoms with Gasteiger partial charge in [-0.3, -0.25) is 9.89 Å². The van der Waals surface area contributed by atoms with Crippen molar-refractivity contribution >= 4 is 27.9 Å². The number of nitrogens with zero attached hydrogens (tertiary/aromatic N) is 2. The van der Waals surface area contributed by atoms with Gasteiger partial charge >= 0.3 is 6.18 Å². The fraction of sp³-hybridized carbons (Fsp3) is 0.185. The normalized spacial score (nSPS) is 14.2. The quantitative estimate of drug-likeness (QED) is 0.285. The van der Waals surface area contributed by atoms with Crippen molar-refractivity contribution in [2.24, 2.45) is 5.73 Å². The summed E-state index contributed by atoms with van der Waals surface area (Å²) >= 11 is 1.13. The van der Waals surface area contributed by atoms with Crippen molar-refractivity contribution in [3.63, 3.8) is 0 Å². The minimum Gasteiger partial charge on any atom is -0.484 e. The van der Waals surface area contributed by atoms with Gasteiger partial charge in [-0.1, -0.05) is 30.3 Å². The molecule has 1 unspecified atom stereocenters. The molecular formula is C27H23F3N4O2S. The predicted octanol–water partition coefficient (Wildman–Crippen LogP) is 6.99. The molecule has 5 rings (SSSR count). The first-order chi connectivity index (χ1) is 17.7. The first-order valence-corrected chi connectivity index (χ1v) is 12.4. The molecule has 3 heterocycles. The lowest BCUT2D eigenvalue weighted by Gasteiger charge is -2.21. The number of ether oxygens (including phenoxy) is 1. The highest BCUT2D eigenvalue weighted by molar-refractivity contribution is 7.18. The van der Waals surface area contributed by atoms with E-state index in [0.29, 0.717) is 5.00 Å². The number of nitrogens with one attached hydrogen (secondary N) is 1. The van der Waals surface area contributed by atoms with E-state index in [4.69, 9.17) is 10.5 Å². The van der Waals surface area contributed by atoms with Crippen molar-refractivity contribution in [2.75, 3.05) is 4.90 Å². The van der Waals surface area contributed by atoms with E-state index in [2.05, 4.69) is 16.3 Å². The van der Waals surface area contributed by atoms with Crippen LogP contribution in [-0.4, -0.2) is 16.1 Å². The minimum atomic E-state index is -4.53. The van der Waals surface area contributed by atoms with E-state index in [1.165, 1.54) is 25.1 Å². The van der Waals surface area contributed by atoms with Crippen LogP contribution in [0.3, 0.4) is 0 Å². The molecule has 1 aliphatic heterocycles. The van der Waals surface area contributed by atoms with Crippen molar-refractivity contribution < 1.29 is 22.7 Å². The number of hydrogen-bond acceptors (Lipinski definition) is 5. The molecule has 0 spiro atoms. The number of alkyl halides is 3. The number of carbonyl (C=O) groups is 1. The molecule has 1 atom stereocenters. The van der Waals surface area contributed by atoms with E-state index in [0.717, 1.165) is 52.6 Å². The van der Waals surface area contributed by atoms with Gasteiger partial charge in [-0.05, 0) is 49.1 Å². The lowest BCUT2D eigenvalue weighted by molar-refractivity contribution is -0.138. The summed E-state index contributed by atoms with van der Waals surface area (Å²) in [6, 6.07) is 13.0. The van der Waals surface area contributed by atoms with E-state index in [9.17, 15) is 18.0 Å². The molecule has 37 heavy (non-hydrogen) atoms. The molecule has 0 fully saturated rings. The van der Waals surface area contributed by atoms with Gasteiger partial charge in [0.25, 0.3) is 5.91 Å². The fourth-order valence-corrected chi connectivity index (χ4v) is 5.34. The number of aromatic nitrogens is 2. The van der Waals surface area contributed by atoms with E-state index >= 15 is 0 Å². The number of carbonyl (C=O) groups excluding carboxylic acids is 1. The van der Waals surface area contributed by atoms with Crippen molar-refractivity contribution in [1.82, 2.24) is 10.2 Å². The van der Waals surface area contributed by atoms with Crippen LogP contribution in [0, 0.1) is 0 Å². The highest BCUT2D eigenvalue weighted by Crippen LogP contribution is 2.44. The van der Waals surface area contributed by atoms with Crippen LogP contribution in [0.5, 0.6) is 5.75 Å². The molecule has 2 aromatic heterocycles. The monoisotopic (exact) mass is 524 g/mol. The summed E-state index contributed by atoms with van der Waals surface area (Å²) in [5.41, 5.74) is 8.87. The molecule has 0 saturated carbocycles. The Kier molecular flexibility index (Phi) is 6.51. The van der Waals surface area contributed by atoms with Crippen LogP contribution in [0.2, 0.25) is 0 Å². The Bertz CT molecular complexity index is 1460. The summed E-state index contributed by atoms with van der Waals surface area (Å²) in [5.74, 6) is -0.567. The zero-order chi connectivity index (χ0) is 26.2. The Morgan fingerprint density at radius 1 is 1.19 bits per heavy atom. The van der Waals surface area contributed by atoms with Gasteiger partial charge in [0.15, 0.2) is 0 Å². The number of anilines is 2. The average molecular weight is 525 g/mol. The van der Waals surface area contributed by atoms with Gasteiger partial charge in [0.1, 0.15) is 21.7 Å². The number of fused-ring (bicyclic) bond motifs is 1. The number of allylic oxidation sites excluding steroid dienone is 1. The van der Waals surface area contributed by atoms with Crippen molar-refractivity contribution in [2.45, 2.75) is 32.0 Å². The first kappa shape index (κ1) is 24.6. The molecule has 1 amide bonds. The number of thiophene rings is 1. The number of benzene rings is 2. The van der Waals surface area contributed by atoms with Crippen molar-refractivity contribution in [3.05, 3.63) is 94.8 Å². The van der Waals surface area contributed by atoms with Crippen LogP contribution >= 0.6 is 11.3 Å². The van der Waals surface area contributed by atoms with E-state index in [-0.39, 0.29) is 16.2 Å². The Morgan fingerprint density at radius 3 is 2.73 bits per heavy atom. The largest absolute Gasteiger partial charge is 0.484 e. The van der Waals surface area contributed by atoms with Gasteiger partial charge in [0, 0.05) is 35.3 Å². The lowest BCUT2D eigenvalue weighted by Crippen LogP contribution is -2.15. The summed E-state index contributed by atoms with van der Waals surface area (Å²) < 4.78 is 46.6. The van der Waals surface area contributed by atoms with Gasteiger partial charge < -0.3 is 15.4 Å². The molecule has 0 aliphatic carbocycles. The number of aromatic amines is 1. The number of aryl methyl sites for hydroxylation is 1. The second-order valence-electron chi connectivity index (χ2n) is 8.61. The second-order valence-corrected chi connectivity index (χ2v) is 9.64. The molecule has 2 aromatic carbocycles. The molecule has 4 aromatic rings. The Balaban J connectivity index is 1.50. The molecule has 1 aliphatic rings. The zero-order valence-electron chi connectivity index (χ0n) is 19.8. The van der Waals surface area contributed by atoms with Crippen LogP contribution in [0.15, 0.2) is 73.2 Å². The number of H-pyrrole nitrogens is 1. The molecule has 190 valence electrons. The number of primary amides is 1. The molecule has 0 radical (unpaired) electrons. The molecule has 0 bridgehead atoms. The molecule has 3 N–H and O–H groups in total. The average Bonchev–Trinajstić information content (AvgIpc) is 3.50. The van der Waals surface area contributed by atoms with Crippen LogP contribution in [0.25, 0.3) is 11.1 Å². The standard InChI is InChI=1S/C27H23F3N4O2S/c1-16(20-7-2-3-8-21(20)27(28,29)30)36-23-13-24(37-25(23)26(31)35)34-11-5-4-6-18-12-17(9-10-22(18)34)19-14-32-33-15-19/h2-3,5,7-16H,4,6H2,1H3,(H2,31,35)(H,32,33). The third kappa shape index (κ3) is 4.97. The van der Waals surface area contributed by atoms with Gasteiger partial charge in [-0.15, -0.1) is 11.3 Å². The van der Waals surface area contributed by atoms with E-state index < -0.39 is 23.8 Å². The number of nitrogens with two attached hydrogens (primary N) is 1. The van der Waals surface area contributed by atoms with Crippen LogP contribution in [0.1, 0.15) is 45.8 Å². The summed E-state index contributed by atoms with van der Waals surface area (Å²) in [6.45, 7) is 1.52. The lowest BCUT2D eigenvalue weighted by atomic mass is 10.0. The zero-order valence-corrected chi connectivity index (χ0v) is 20.6. The Labute approximate surface area is 215 Å². The molecule has 6 nitrogen and oxygen atoms in total. The van der Waals surface area contributed by atoms with Crippen LogP contribution < -0.4 is 15.4 Å². The number of amides is 1. The maximum Gasteiger partial charge on any atom is 0.416 e. The number of rotatable bonds is 6. The number of hydrogen-bond donors (Lipinski definition) is 2. The summed E-state index contributed by atoms with van der Waals surface area (Å²) in [5, 5.41) is 7.50. The van der Waals surface area contributed by atoms with Crippen LogP contribution in [-0.2, 0) is 12.6 Å². The first-order valence-electron chi connectivity index (χ1n) is 11.6. The van der Waals surface area contributed by atoms with Crippen molar-refractivity contribution in [1.29, 1.82) is 0 Å². The minimum absolute atomic E-state index is 0.0232. The molecule has 10 heteroatoms. The van der Waals surface area contributed by atoms with Gasteiger partial charge in [-0.25, -0.2) is 0 Å². The second kappa shape index (κ2) is 9.78. The van der Waals surface area contributed by atoms with Gasteiger partial charge in [0.05, 0.1) is 11.8 Å². The number of halogens is 3. The highest BCUT2D eigenvalue weighted by Gasteiger charge is 2.35. The summed E-state index contributed by atoms with van der Waals surface area (Å²) in [7, 11) is 0. The molecule has 0 saturated heterocycles. The topological polar surface area (TPSA) is 84.2 Å². The Morgan fingerprint density at radius 2 is 2.00 bits per heavy atom. The predicted molar refractivity (Wildman–Crippen MR) is 137 cm³/mol. The summed E-state index contributed by atoms with van der Waals surface area (Å²) in [4.78, 5) is 14.4. The van der Waals surface area contributed by atoms with Crippen molar-refractivity contribution in [3.8, 4) is 16.9 Å². The van der Waals surface area contributed by atoms with Gasteiger partial charge in [0.2, 0.25) is 0 Å². The maximum atomic E-state index is 13.6. The van der Waals surface area contributed by atoms with Gasteiger partial charge in [-0.2, -0.15) is 18.3 Å². The Hall–Kier alpha value is -4.05. The van der Waals surface area contributed by atoms with E-state index in [1.807, 2.05) is 35.5 Å². The fourth-order valence-electron chi connectivity index (χ4n) is 4.40. The SMILES string of the molecule is CC(Oc1cc(N2C=CCCc3cc(-c4cn[nH]c4)ccc32)sc1C(N)=O)c1ccccc1C(F)(F)F.